The number of carbonyl (C=O) groups is 2. The van der Waals surface area contributed by atoms with Crippen LogP contribution in [-0.4, -0.2) is 42.3 Å². The molecular weight excluding hydrogens is 422 g/mol. The molecule has 1 N–H and O–H groups in total. The third kappa shape index (κ3) is 3.87. The second-order valence-corrected chi connectivity index (χ2v) is 8.15. The number of rotatable bonds is 7. The number of nitrogens with one attached hydrogen (secondary N) is 1. The van der Waals surface area contributed by atoms with Crippen LogP contribution in [0.15, 0.2) is 47.2 Å². The van der Waals surface area contributed by atoms with E-state index in [4.69, 9.17) is 9.47 Å². The van der Waals surface area contributed by atoms with E-state index in [1.807, 2.05) is 18.2 Å². The molecule has 3 heterocycles. The molecule has 0 aliphatic heterocycles. The molecule has 0 fully saturated rings. The summed E-state index contributed by atoms with van der Waals surface area (Å²) in [6.45, 7) is 1.25. The third-order valence-corrected chi connectivity index (χ3v) is 6.33. The Morgan fingerprint density at radius 1 is 1.17 bits per heavy atom. The average Bonchev–Trinajstić information content (AvgIpc) is 3.49. The number of esters is 1. The fourth-order valence-corrected chi connectivity index (χ4v) is 4.74. The molecule has 1 aromatic carbocycles. The minimum Gasteiger partial charge on any atom is -0.465 e. The van der Waals surface area contributed by atoms with Gasteiger partial charge in [0, 0.05) is 29.9 Å². The van der Waals surface area contributed by atoms with E-state index in [9.17, 15) is 9.59 Å². The average molecular weight is 442 g/mol. The second-order valence-electron chi connectivity index (χ2n) is 6.38. The zero-order chi connectivity index (χ0) is 21.1. The van der Waals surface area contributed by atoms with E-state index in [1.165, 1.54) is 29.8 Å². The monoisotopic (exact) mass is 441 g/mol. The van der Waals surface area contributed by atoms with E-state index in [0.717, 1.165) is 21.6 Å². The van der Waals surface area contributed by atoms with Gasteiger partial charge in [0.15, 0.2) is 0 Å². The van der Waals surface area contributed by atoms with Crippen molar-refractivity contribution in [2.45, 2.75) is 6.54 Å². The molecule has 0 radical (unpaired) electrons. The van der Waals surface area contributed by atoms with Crippen LogP contribution in [0.4, 0.5) is 5.69 Å². The van der Waals surface area contributed by atoms with Gasteiger partial charge in [-0.15, -0.1) is 22.7 Å². The van der Waals surface area contributed by atoms with Crippen molar-refractivity contribution in [2.75, 3.05) is 26.1 Å². The van der Waals surface area contributed by atoms with Gasteiger partial charge in [0.05, 0.1) is 25.1 Å². The normalized spacial score (nSPS) is 11.0. The highest BCUT2D eigenvalue weighted by Gasteiger charge is 2.20. The molecule has 0 spiro atoms. The lowest BCUT2D eigenvalue weighted by atomic mass is 10.2. The molecular formula is C21H19N3O4S2. The van der Waals surface area contributed by atoms with Crippen molar-refractivity contribution >= 4 is 51.1 Å². The second kappa shape index (κ2) is 8.78. The maximum atomic E-state index is 12.7. The number of methoxy groups -OCH3 is 2. The van der Waals surface area contributed by atoms with Gasteiger partial charge >= 0.3 is 5.97 Å². The van der Waals surface area contributed by atoms with Gasteiger partial charge in [-0.2, -0.15) is 0 Å². The van der Waals surface area contributed by atoms with Crippen molar-refractivity contribution in [1.82, 2.24) is 9.55 Å². The Morgan fingerprint density at radius 2 is 2.00 bits per heavy atom. The Bertz CT molecular complexity index is 1210. The number of amides is 1. The van der Waals surface area contributed by atoms with Crippen LogP contribution in [0.25, 0.3) is 21.6 Å². The van der Waals surface area contributed by atoms with Crippen LogP contribution in [0.5, 0.6) is 0 Å². The van der Waals surface area contributed by atoms with E-state index in [2.05, 4.69) is 27.0 Å². The molecule has 4 aromatic rings. The predicted molar refractivity (Wildman–Crippen MR) is 119 cm³/mol. The number of thiophene rings is 1. The van der Waals surface area contributed by atoms with E-state index < -0.39 is 5.97 Å². The molecule has 0 unspecified atom stereocenters. The molecule has 3 aromatic heterocycles. The number of anilines is 1. The van der Waals surface area contributed by atoms with Crippen molar-refractivity contribution in [3.05, 3.63) is 57.7 Å². The van der Waals surface area contributed by atoms with E-state index in [1.54, 1.807) is 23.9 Å². The van der Waals surface area contributed by atoms with Crippen molar-refractivity contribution in [2.24, 2.45) is 0 Å². The number of benzene rings is 1. The summed E-state index contributed by atoms with van der Waals surface area (Å²) in [7, 11) is 2.98. The summed E-state index contributed by atoms with van der Waals surface area (Å²) in [5.41, 5.74) is 2.73. The molecule has 0 atom stereocenters. The summed E-state index contributed by atoms with van der Waals surface area (Å²) in [6.07, 6.45) is 0. The maximum Gasteiger partial charge on any atom is 0.350 e. The molecule has 4 rings (SSSR count). The number of nitrogens with zero attached hydrogens (tertiary/aromatic N) is 2. The minimum absolute atomic E-state index is 0.292. The van der Waals surface area contributed by atoms with Gasteiger partial charge in [0.1, 0.15) is 15.6 Å². The number of carbonyl (C=O) groups excluding carboxylic acids is 2. The number of hydrogen-bond acceptors (Lipinski definition) is 7. The summed E-state index contributed by atoms with van der Waals surface area (Å²) in [6, 6.07) is 11.8. The summed E-state index contributed by atoms with van der Waals surface area (Å²) in [5.74, 6) is -0.859. The van der Waals surface area contributed by atoms with Crippen molar-refractivity contribution in [3.8, 4) is 10.7 Å². The molecule has 0 bridgehead atoms. The molecule has 154 valence electrons. The first kappa shape index (κ1) is 20.3. The molecule has 0 saturated heterocycles. The summed E-state index contributed by atoms with van der Waals surface area (Å²) in [5, 5.41) is 8.03. The van der Waals surface area contributed by atoms with Crippen LogP contribution in [0.3, 0.4) is 0 Å². The molecule has 0 aliphatic carbocycles. The Kier molecular flexibility index (Phi) is 5.93. The fourth-order valence-electron chi connectivity index (χ4n) is 3.15. The molecule has 30 heavy (non-hydrogen) atoms. The van der Waals surface area contributed by atoms with E-state index in [0.29, 0.717) is 29.4 Å². The third-order valence-electron chi connectivity index (χ3n) is 4.57. The van der Waals surface area contributed by atoms with Gasteiger partial charge in [0.25, 0.3) is 5.91 Å². The number of hydrogen-bond donors (Lipinski definition) is 1. The highest BCUT2D eigenvalue weighted by atomic mass is 32.1. The Balaban J connectivity index is 1.62. The van der Waals surface area contributed by atoms with Gasteiger partial charge in [-0.3, -0.25) is 4.79 Å². The number of ether oxygens (including phenoxy) is 2. The maximum absolute atomic E-state index is 12.7. The lowest BCUT2D eigenvalue weighted by Gasteiger charge is -2.08. The van der Waals surface area contributed by atoms with E-state index in [-0.39, 0.29) is 5.91 Å². The van der Waals surface area contributed by atoms with Crippen LogP contribution in [0.1, 0.15) is 20.2 Å². The van der Waals surface area contributed by atoms with Gasteiger partial charge in [-0.25, -0.2) is 9.78 Å². The molecule has 1 amide bonds. The van der Waals surface area contributed by atoms with Crippen molar-refractivity contribution < 1.29 is 19.1 Å². The van der Waals surface area contributed by atoms with Crippen LogP contribution < -0.4 is 5.32 Å². The highest BCUT2D eigenvalue weighted by molar-refractivity contribution is 7.13. The predicted octanol–water partition coefficient (Wildman–Crippen LogP) is 4.51. The Hall–Kier alpha value is -3.01. The smallest absolute Gasteiger partial charge is 0.350 e. The first-order valence-electron chi connectivity index (χ1n) is 9.12. The zero-order valence-corrected chi connectivity index (χ0v) is 18.0. The largest absolute Gasteiger partial charge is 0.465 e. The first-order valence-corrected chi connectivity index (χ1v) is 10.9. The Labute approximate surface area is 180 Å². The summed E-state index contributed by atoms with van der Waals surface area (Å²) in [4.78, 5) is 29.4. The zero-order valence-electron chi connectivity index (χ0n) is 16.4. The van der Waals surface area contributed by atoms with Crippen LogP contribution in [-0.2, 0) is 16.0 Å². The van der Waals surface area contributed by atoms with Gasteiger partial charge in [-0.05, 0) is 23.6 Å². The van der Waals surface area contributed by atoms with Crippen LogP contribution >= 0.6 is 22.7 Å². The topological polar surface area (TPSA) is 82.5 Å². The number of fused-ring (bicyclic) bond motifs is 1. The quantitative estimate of drug-likeness (QED) is 0.427. The standard InChI is InChI=1S/C21H19N3O4S2/c1-27-9-8-24-16-6-4-3-5-13(16)11-17(24)20-23-15(12-30-20)19(25)22-14-7-10-29-18(14)21(26)28-2/h3-7,10-12H,8-9H2,1-2H3,(H,22,25). The van der Waals surface area contributed by atoms with E-state index >= 15 is 0 Å². The lowest BCUT2D eigenvalue weighted by Crippen LogP contribution is -2.14. The SMILES string of the molecule is COCCn1c(-c2nc(C(=O)Nc3ccsc3C(=O)OC)cs2)cc2ccccc21. The van der Waals surface area contributed by atoms with Crippen LogP contribution in [0, 0.1) is 0 Å². The Morgan fingerprint density at radius 3 is 2.80 bits per heavy atom. The lowest BCUT2D eigenvalue weighted by molar-refractivity contribution is 0.0607. The first-order chi connectivity index (χ1) is 14.6. The number of aromatic nitrogens is 2. The van der Waals surface area contributed by atoms with Crippen molar-refractivity contribution in [3.63, 3.8) is 0 Å². The van der Waals surface area contributed by atoms with Gasteiger partial charge in [0.2, 0.25) is 0 Å². The van der Waals surface area contributed by atoms with Crippen LogP contribution in [0.2, 0.25) is 0 Å². The minimum atomic E-state index is -0.484. The molecule has 0 aliphatic rings. The summed E-state index contributed by atoms with van der Waals surface area (Å²) >= 11 is 2.61. The van der Waals surface area contributed by atoms with Gasteiger partial charge < -0.3 is 19.4 Å². The molecule has 9 heteroatoms. The molecule has 0 saturated carbocycles. The highest BCUT2D eigenvalue weighted by Crippen LogP contribution is 2.31. The van der Waals surface area contributed by atoms with Gasteiger partial charge in [-0.1, -0.05) is 18.2 Å². The summed E-state index contributed by atoms with van der Waals surface area (Å²) < 4.78 is 12.2. The molecule has 7 nitrogen and oxygen atoms in total. The fraction of sp³-hybridized carbons (Fsp3) is 0.190. The number of thiazole rings is 1. The van der Waals surface area contributed by atoms with Crippen molar-refractivity contribution in [1.29, 1.82) is 0 Å². The number of para-hydroxylation sites is 1.